The smallest absolute Gasteiger partial charge is 0.250 e. The number of hydrogen-bond acceptors (Lipinski definition) is 6. The van der Waals surface area contributed by atoms with Gasteiger partial charge in [0.1, 0.15) is 18.8 Å². The molecular weight excluding hydrogens is 342 g/mol. The van der Waals surface area contributed by atoms with Crippen LogP contribution in [0.3, 0.4) is 0 Å². The molecular formula is C20H19N5O2. The van der Waals surface area contributed by atoms with Crippen molar-refractivity contribution in [1.29, 1.82) is 0 Å². The molecule has 7 nitrogen and oxygen atoms in total. The normalized spacial score (nSPS) is 13.0. The minimum Gasteiger partial charge on any atom is -0.489 e. The van der Waals surface area contributed by atoms with Gasteiger partial charge in [-0.25, -0.2) is 9.97 Å². The molecule has 0 fully saturated rings. The maximum Gasteiger partial charge on any atom is 0.250 e. The molecule has 0 atom stereocenters. The lowest BCUT2D eigenvalue weighted by Crippen LogP contribution is -2.36. The van der Waals surface area contributed by atoms with Gasteiger partial charge in [-0.05, 0) is 35.9 Å². The number of amides is 1. The molecule has 3 aromatic rings. The van der Waals surface area contributed by atoms with Gasteiger partial charge in [0, 0.05) is 12.2 Å². The second-order valence-electron chi connectivity index (χ2n) is 6.17. The fourth-order valence-corrected chi connectivity index (χ4v) is 3.12. The highest BCUT2D eigenvalue weighted by Crippen LogP contribution is 2.40. The predicted molar refractivity (Wildman–Crippen MR) is 106 cm³/mol. The number of nitrogen functional groups attached to an aromatic ring is 1. The lowest BCUT2D eigenvalue weighted by atomic mass is 10.1. The van der Waals surface area contributed by atoms with Crippen LogP contribution in [0.2, 0.25) is 0 Å². The molecule has 1 aromatic heterocycles. The molecule has 2 aromatic carbocycles. The van der Waals surface area contributed by atoms with Crippen molar-refractivity contribution in [3.05, 3.63) is 60.9 Å². The molecule has 0 aliphatic carbocycles. The van der Waals surface area contributed by atoms with E-state index in [9.17, 15) is 4.79 Å². The number of anilines is 3. The summed E-state index contributed by atoms with van der Waals surface area (Å²) in [5.41, 5.74) is 8.98. The van der Waals surface area contributed by atoms with Gasteiger partial charge >= 0.3 is 0 Å². The Balaban J connectivity index is 1.74. The first-order chi connectivity index (χ1) is 13.2. The number of nitrogens with two attached hydrogens (primary N) is 1. The van der Waals surface area contributed by atoms with Gasteiger partial charge < -0.3 is 20.7 Å². The third-order valence-electron chi connectivity index (χ3n) is 4.47. The summed E-state index contributed by atoms with van der Waals surface area (Å²) in [6.07, 6.45) is 2.82. The Morgan fingerprint density at radius 2 is 2.07 bits per heavy atom. The number of ether oxygens (including phenoxy) is 1. The third kappa shape index (κ3) is 3.15. The van der Waals surface area contributed by atoms with Gasteiger partial charge in [0.15, 0.2) is 5.75 Å². The molecule has 0 unspecified atom stereocenters. The summed E-state index contributed by atoms with van der Waals surface area (Å²) < 4.78 is 5.91. The second-order valence-corrected chi connectivity index (χ2v) is 6.17. The van der Waals surface area contributed by atoms with Crippen LogP contribution in [0.1, 0.15) is 5.56 Å². The molecule has 0 saturated heterocycles. The fourth-order valence-electron chi connectivity index (χ4n) is 3.12. The predicted octanol–water partition coefficient (Wildman–Crippen LogP) is 2.74. The van der Waals surface area contributed by atoms with Gasteiger partial charge in [0.2, 0.25) is 0 Å². The van der Waals surface area contributed by atoms with Crippen LogP contribution in [0, 0.1) is 0 Å². The van der Waals surface area contributed by atoms with Crippen molar-refractivity contribution in [3.8, 4) is 5.75 Å². The van der Waals surface area contributed by atoms with E-state index < -0.39 is 0 Å². The van der Waals surface area contributed by atoms with Crippen LogP contribution in [0.5, 0.6) is 5.75 Å². The van der Waals surface area contributed by atoms with Gasteiger partial charge in [0.25, 0.3) is 5.91 Å². The molecule has 0 radical (unpaired) electrons. The highest BCUT2D eigenvalue weighted by atomic mass is 16.5. The van der Waals surface area contributed by atoms with E-state index in [-0.39, 0.29) is 5.91 Å². The van der Waals surface area contributed by atoms with Crippen LogP contribution < -0.4 is 20.7 Å². The van der Waals surface area contributed by atoms with Crippen LogP contribution in [-0.4, -0.2) is 29.0 Å². The molecule has 27 heavy (non-hydrogen) atoms. The van der Waals surface area contributed by atoms with Crippen molar-refractivity contribution < 1.29 is 9.53 Å². The lowest BCUT2D eigenvalue weighted by molar-refractivity contribution is -0.114. The molecule has 2 heterocycles. The van der Waals surface area contributed by atoms with Crippen molar-refractivity contribution >= 4 is 34.0 Å². The molecule has 1 amide bonds. The number of carbonyl (C=O) groups is 1. The molecule has 0 saturated carbocycles. The van der Waals surface area contributed by atoms with Gasteiger partial charge in [-0.1, -0.05) is 18.7 Å². The molecule has 4 rings (SSSR count). The van der Waals surface area contributed by atoms with E-state index in [0.717, 1.165) is 22.2 Å². The number of fused-ring (bicyclic) bond motifs is 3. The van der Waals surface area contributed by atoms with Gasteiger partial charge in [0.05, 0.1) is 23.1 Å². The molecule has 0 bridgehead atoms. The van der Waals surface area contributed by atoms with Gasteiger partial charge in [-0.2, -0.15) is 0 Å². The highest BCUT2D eigenvalue weighted by Gasteiger charge is 2.25. The average molecular weight is 361 g/mol. The van der Waals surface area contributed by atoms with E-state index >= 15 is 0 Å². The van der Waals surface area contributed by atoms with Gasteiger partial charge in [-0.3, -0.25) is 4.79 Å². The minimum atomic E-state index is -0.160. The highest BCUT2D eigenvalue weighted by molar-refractivity contribution is 6.07. The number of nitrogens with zero attached hydrogens (tertiary/aromatic N) is 3. The molecule has 0 spiro atoms. The van der Waals surface area contributed by atoms with E-state index in [1.807, 2.05) is 36.4 Å². The zero-order chi connectivity index (χ0) is 18.8. The van der Waals surface area contributed by atoms with Gasteiger partial charge in [-0.15, -0.1) is 0 Å². The largest absolute Gasteiger partial charge is 0.489 e. The number of benzene rings is 2. The number of hydrogen-bond donors (Lipinski definition) is 2. The molecule has 3 N–H and O–H groups in total. The zero-order valence-electron chi connectivity index (χ0n) is 14.7. The number of carbonyl (C=O) groups excluding carboxylic acids is 1. The van der Waals surface area contributed by atoms with Crippen molar-refractivity contribution in [2.24, 2.45) is 0 Å². The number of nitrogens with one attached hydrogen (secondary N) is 1. The maximum absolute atomic E-state index is 12.2. The number of rotatable bonds is 4. The Hall–Kier alpha value is -3.61. The summed E-state index contributed by atoms with van der Waals surface area (Å²) in [6, 6.07) is 11.3. The van der Waals surface area contributed by atoms with Crippen molar-refractivity contribution in [2.45, 2.75) is 6.54 Å². The summed E-state index contributed by atoms with van der Waals surface area (Å²) in [5.74, 6) is 1.10. The van der Waals surface area contributed by atoms with Crippen LogP contribution in [0.25, 0.3) is 10.9 Å². The summed E-state index contributed by atoms with van der Waals surface area (Å²) in [7, 11) is 0. The second kappa shape index (κ2) is 6.95. The molecule has 1 aliphatic rings. The quantitative estimate of drug-likeness (QED) is 0.548. The molecule has 136 valence electrons. The lowest BCUT2D eigenvalue weighted by Gasteiger charge is -2.29. The molecule has 1 aliphatic heterocycles. The first-order valence-corrected chi connectivity index (χ1v) is 8.60. The Kier molecular flexibility index (Phi) is 4.33. The summed E-state index contributed by atoms with van der Waals surface area (Å²) in [4.78, 5) is 22.6. The Morgan fingerprint density at radius 3 is 2.85 bits per heavy atom. The van der Waals surface area contributed by atoms with E-state index in [0.29, 0.717) is 37.0 Å². The standard InChI is InChI=1S/C20H19N5O2/c1-2-17(26)25-9-10-27-19-16(25)8-7-15-18(19)20(24-12-23-15)22-11-13-3-5-14(21)6-4-13/h2-8,12H,1,9-11,21H2,(H,22,23,24). The van der Waals surface area contributed by atoms with Crippen LogP contribution in [-0.2, 0) is 11.3 Å². The third-order valence-corrected chi connectivity index (χ3v) is 4.47. The average Bonchev–Trinajstić information content (AvgIpc) is 2.72. The van der Waals surface area contributed by atoms with Crippen molar-refractivity contribution in [3.63, 3.8) is 0 Å². The Labute approximate surface area is 156 Å². The summed E-state index contributed by atoms with van der Waals surface area (Å²) in [5, 5.41) is 4.09. The van der Waals surface area contributed by atoms with E-state index in [4.69, 9.17) is 10.5 Å². The first-order valence-electron chi connectivity index (χ1n) is 8.60. The van der Waals surface area contributed by atoms with E-state index in [2.05, 4.69) is 21.9 Å². The van der Waals surface area contributed by atoms with E-state index in [1.54, 1.807) is 4.90 Å². The zero-order valence-corrected chi connectivity index (χ0v) is 14.7. The SMILES string of the molecule is C=CC(=O)N1CCOc2c1ccc1ncnc(NCc3ccc(N)cc3)c21. The molecule has 7 heteroatoms. The summed E-state index contributed by atoms with van der Waals surface area (Å²) in [6.45, 7) is 5.03. The monoisotopic (exact) mass is 361 g/mol. The van der Waals surface area contributed by atoms with Crippen molar-refractivity contribution in [2.75, 3.05) is 29.1 Å². The Bertz CT molecular complexity index is 1020. The first kappa shape index (κ1) is 16.8. The maximum atomic E-state index is 12.2. The van der Waals surface area contributed by atoms with Crippen LogP contribution in [0.15, 0.2) is 55.4 Å². The van der Waals surface area contributed by atoms with E-state index in [1.165, 1.54) is 12.4 Å². The number of aromatic nitrogens is 2. The topological polar surface area (TPSA) is 93.4 Å². The summed E-state index contributed by atoms with van der Waals surface area (Å²) >= 11 is 0. The van der Waals surface area contributed by atoms with Crippen molar-refractivity contribution in [1.82, 2.24) is 9.97 Å². The van der Waals surface area contributed by atoms with Crippen LogP contribution in [0.4, 0.5) is 17.2 Å². The van der Waals surface area contributed by atoms with Crippen LogP contribution >= 0.6 is 0 Å². The minimum absolute atomic E-state index is 0.160. The Morgan fingerprint density at radius 1 is 1.26 bits per heavy atom. The fraction of sp³-hybridized carbons (Fsp3) is 0.150.